The zero-order chi connectivity index (χ0) is 16.9. The lowest BCUT2D eigenvalue weighted by atomic mass is 10.2. The molecular weight excluding hydrogens is 314 g/mol. The molecule has 122 valence electrons. The first-order valence-electron chi connectivity index (χ1n) is 7.01. The molecule has 2 aromatic carbocycles. The number of carbonyl (C=O) groups excluding carboxylic acids is 1. The summed E-state index contributed by atoms with van der Waals surface area (Å²) in [6.07, 6.45) is 0. The van der Waals surface area contributed by atoms with Gasteiger partial charge in [0.25, 0.3) is 0 Å². The van der Waals surface area contributed by atoms with Crippen molar-refractivity contribution in [2.24, 2.45) is 0 Å². The number of urea groups is 1. The van der Waals surface area contributed by atoms with E-state index in [4.69, 9.17) is 0 Å². The first kappa shape index (κ1) is 17.0. The summed E-state index contributed by atoms with van der Waals surface area (Å²) in [5, 5.41) is 5.35. The Bertz CT molecular complexity index is 774. The fourth-order valence-corrected chi connectivity index (χ4v) is 3.09. The Morgan fingerprint density at radius 1 is 1.00 bits per heavy atom. The molecule has 23 heavy (non-hydrogen) atoms. The van der Waals surface area contributed by atoms with Crippen molar-refractivity contribution >= 4 is 21.7 Å². The Labute approximate surface area is 136 Å². The number of para-hydroxylation sites is 1. The Morgan fingerprint density at radius 2 is 1.61 bits per heavy atom. The molecule has 0 saturated carbocycles. The van der Waals surface area contributed by atoms with Crippen LogP contribution in [0.2, 0.25) is 0 Å². The number of carbonyl (C=O) groups is 1. The van der Waals surface area contributed by atoms with Gasteiger partial charge in [-0.3, -0.25) is 0 Å². The lowest BCUT2D eigenvalue weighted by Gasteiger charge is -2.15. The molecule has 7 heteroatoms. The summed E-state index contributed by atoms with van der Waals surface area (Å²) in [5.74, 6) is 0. The van der Waals surface area contributed by atoms with Crippen molar-refractivity contribution in [1.29, 1.82) is 0 Å². The second kappa shape index (κ2) is 7.26. The van der Waals surface area contributed by atoms with E-state index in [1.165, 1.54) is 20.2 Å². The van der Waals surface area contributed by atoms with Crippen LogP contribution in [0.15, 0.2) is 59.5 Å². The normalized spacial score (nSPS) is 11.3. The minimum atomic E-state index is -3.55. The second-order valence-corrected chi connectivity index (χ2v) is 7.19. The summed E-state index contributed by atoms with van der Waals surface area (Å²) in [5.41, 5.74) is 1.20. The molecule has 0 fully saturated rings. The van der Waals surface area contributed by atoms with E-state index in [2.05, 4.69) is 10.6 Å². The van der Waals surface area contributed by atoms with Crippen molar-refractivity contribution in [1.82, 2.24) is 9.62 Å². The van der Waals surface area contributed by atoms with E-state index in [-0.39, 0.29) is 11.4 Å². The number of benzene rings is 2. The molecule has 2 rings (SSSR count). The Kier molecular flexibility index (Phi) is 5.36. The molecule has 0 saturated heterocycles. The van der Waals surface area contributed by atoms with Crippen molar-refractivity contribution in [3.63, 3.8) is 0 Å². The maximum absolute atomic E-state index is 12.3. The Hall–Kier alpha value is -2.38. The van der Waals surface area contributed by atoms with E-state index < -0.39 is 16.1 Å². The van der Waals surface area contributed by atoms with Crippen LogP contribution in [0.1, 0.15) is 5.56 Å². The van der Waals surface area contributed by atoms with Gasteiger partial charge < -0.3 is 10.6 Å². The van der Waals surface area contributed by atoms with E-state index in [0.717, 1.165) is 4.31 Å². The monoisotopic (exact) mass is 333 g/mol. The number of nitrogens with zero attached hydrogens (tertiary/aromatic N) is 1. The molecule has 0 atom stereocenters. The number of nitrogens with one attached hydrogen (secondary N) is 2. The molecule has 2 N–H and O–H groups in total. The molecule has 0 spiro atoms. The van der Waals surface area contributed by atoms with Gasteiger partial charge in [0.05, 0.1) is 4.90 Å². The number of hydrogen-bond donors (Lipinski definition) is 2. The molecule has 0 aromatic heterocycles. The third-order valence-electron chi connectivity index (χ3n) is 3.20. The number of sulfonamides is 1. The zero-order valence-corrected chi connectivity index (χ0v) is 13.8. The molecule has 0 unspecified atom stereocenters. The summed E-state index contributed by atoms with van der Waals surface area (Å²) in [7, 11) is -0.605. The second-order valence-electron chi connectivity index (χ2n) is 5.07. The molecule has 6 nitrogen and oxygen atoms in total. The average Bonchev–Trinajstić information content (AvgIpc) is 2.54. The third-order valence-corrected chi connectivity index (χ3v) is 5.12. The maximum Gasteiger partial charge on any atom is 0.319 e. The smallest absolute Gasteiger partial charge is 0.319 e. The summed E-state index contributed by atoms with van der Waals surface area (Å²) in [6, 6.07) is 15.2. The highest BCUT2D eigenvalue weighted by atomic mass is 32.2. The highest BCUT2D eigenvalue weighted by Crippen LogP contribution is 2.18. The van der Waals surface area contributed by atoms with Crippen LogP contribution in [0.5, 0.6) is 0 Å². The highest BCUT2D eigenvalue weighted by molar-refractivity contribution is 7.89. The van der Waals surface area contributed by atoms with Crippen LogP contribution in [-0.2, 0) is 16.6 Å². The van der Waals surface area contributed by atoms with Gasteiger partial charge in [-0.2, -0.15) is 0 Å². The Balaban J connectivity index is 2.08. The fourth-order valence-electron chi connectivity index (χ4n) is 1.97. The SMILES string of the molecule is CN(C)S(=O)(=O)c1ccccc1CNC(=O)Nc1ccccc1. The van der Waals surface area contributed by atoms with Gasteiger partial charge >= 0.3 is 6.03 Å². The molecule has 0 aliphatic carbocycles. The van der Waals surface area contributed by atoms with E-state index in [1.807, 2.05) is 18.2 Å². The van der Waals surface area contributed by atoms with E-state index in [9.17, 15) is 13.2 Å². The fraction of sp³-hybridized carbons (Fsp3) is 0.188. The van der Waals surface area contributed by atoms with Gasteiger partial charge in [0.15, 0.2) is 0 Å². The van der Waals surface area contributed by atoms with Crippen molar-refractivity contribution in [3.8, 4) is 0 Å². The highest BCUT2D eigenvalue weighted by Gasteiger charge is 2.20. The summed E-state index contributed by atoms with van der Waals surface area (Å²) >= 11 is 0. The average molecular weight is 333 g/mol. The van der Waals surface area contributed by atoms with Crippen LogP contribution in [0.4, 0.5) is 10.5 Å². The number of hydrogen-bond acceptors (Lipinski definition) is 3. The minimum absolute atomic E-state index is 0.113. The molecule has 0 bridgehead atoms. The molecule has 0 aliphatic heterocycles. The standard InChI is InChI=1S/C16H19N3O3S/c1-19(2)23(21,22)15-11-7-6-8-13(15)12-17-16(20)18-14-9-4-3-5-10-14/h3-11H,12H2,1-2H3,(H2,17,18,20). The van der Waals surface area contributed by atoms with Gasteiger partial charge in [-0.1, -0.05) is 36.4 Å². The number of anilines is 1. The van der Waals surface area contributed by atoms with Gasteiger partial charge in [-0.05, 0) is 23.8 Å². The van der Waals surface area contributed by atoms with Crippen molar-refractivity contribution in [2.45, 2.75) is 11.4 Å². The maximum atomic E-state index is 12.3. The van der Waals surface area contributed by atoms with E-state index >= 15 is 0 Å². The van der Waals surface area contributed by atoms with Crippen LogP contribution < -0.4 is 10.6 Å². The molecule has 0 radical (unpaired) electrons. The molecule has 0 aliphatic rings. The van der Waals surface area contributed by atoms with Gasteiger partial charge in [0.2, 0.25) is 10.0 Å². The lowest BCUT2D eigenvalue weighted by molar-refractivity contribution is 0.251. The summed E-state index contributed by atoms with van der Waals surface area (Å²) < 4.78 is 25.7. The van der Waals surface area contributed by atoms with Crippen LogP contribution in [0.25, 0.3) is 0 Å². The topological polar surface area (TPSA) is 78.5 Å². The van der Waals surface area contributed by atoms with Gasteiger partial charge in [-0.25, -0.2) is 17.5 Å². The van der Waals surface area contributed by atoms with Crippen molar-refractivity contribution < 1.29 is 13.2 Å². The van der Waals surface area contributed by atoms with Crippen LogP contribution in [0.3, 0.4) is 0 Å². The van der Waals surface area contributed by atoms with Crippen molar-refractivity contribution in [2.75, 3.05) is 19.4 Å². The van der Waals surface area contributed by atoms with Crippen LogP contribution in [-0.4, -0.2) is 32.8 Å². The molecule has 2 aromatic rings. The van der Waals surface area contributed by atoms with Gasteiger partial charge in [-0.15, -0.1) is 0 Å². The van der Waals surface area contributed by atoms with Crippen molar-refractivity contribution in [3.05, 3.63) is 60.2 Å². The third kappa shape index (κ3) is 4.30. The van der Waals surface area contributed by atoms with Crippen LogP contribution >= 0.6 is 0 Å². The predicted octanol–water partition coefficient (Wildman–Crippen LogP) is 2.26. The Morgan fingerprint density at radius 3 is 2.26 bits per heavy atom. The number of rotatable bonds is 5. The minimum Gasteiger partial charge on any atom is -0.334 e. The zero-order valence-electron chi connectivity index (χ0n) is 13.0. The first-order chi connectivity index (χ1) is 10.9. The van der Waals surface area contributed by atoms with Crippen LogP contribution in [0, 0.1) is 0 Å². The molecular formula is C16H19N3O3S. The summed E-state index contributed by atoms with van der Waals surface area (Å²) in [4.78, 5) is 12.1. The van der Waals surface area contributed by atoms with Gasteiger partial charge in [0.1, 0.15) is 0 Å². The molecule has 0 heterocycles. The van der Waals surface area contributed by atoms with Gasteiger partial charge in [0, 0.05) is 26.3 Å². The largest absolute Gasteiger partial charge is 0.334 e. The van der Waals surface area contributed by atoms with E-state index in [0.29, 0.717) is 11.3 Å². The van der Waals surface area contributed by atoms with E-state index in [1.54, 1.807) is 30.3 Å². The molecule has 2 amide bonds. The summed E-state index contributed by atoms with van der Waals surface area (Å²) in [6.45, 7) is 0.113. The lowest BCUT2D eigenvalue weighted by Crippen LogP contribution is -2.30. The quantitative estimate of drug-likeness (QED) is 0.881. The number of amides is 2. The first-order valence-corrected chi connectivity index (χ1v) is 8.45. The predicted molar refractivity (Wildman–Crippen MR) is 89.6 cm³/mol.